The van der Waals surface area contributed by atoms with E-state index in [0.29, 0.717) is 0 Å². The third-order valence-corrected chi connectivity index (χ3v) is 2.75. The van der Waals surface area contributed by atoms with Crippen molar-refractivity contribution in [2.75, 3.05) is 12.3 Å². The van der Waals surface area contributed by atoms with Crippen LogP contribution >= 0.6 is 11.8 Å². The van der Waals surface area contributed by atoms with Crippen LogP contribution in [0.3, 0.4) is 0 Å². The number of nitrogens with one attached hydrogen (secondary N) is 1. The Labute approximate surface area is 64.3 Å². The average molecular weight is 155 g/mol. The lowest BCUT2D eigenvalue weighted by Crippen LogP contribution is -2.37. The number of hydrogen-bond donors (Lipinski definition) is 1. The average Bonchev–Trinajstić information content (AvgIpc) is 2.39. The number of ether oxygens (including phenoxy) is 1. The summed E-state index contributed by atoms with van der Waals surface area (Å²) < 4.78 is 5.41. The molecule has 1 spiro atoms. The Kier molecular flexibility index (Phi) is 1.47. The number of allylic oxidation sites excluding steroid dienone is 2. The third kappa shape index (κ3) is 0.954. The molecule has 1 fully saturated rings. The first-order valence-electron chi connectivity index (χ1n) is 3.32. The monoisotopic (exact) mass is 155 g/mol. The summed E-state index contributed by atoms with van der Waals surface area (Å²) in [6.45, 7) is 1.03. The van der Waals surface area contributed by atoms with Crippen molar-refractivity contribution in [1.82, 2.24) is 5.32 Å². The highest BCUT2D eigenvalue weighted by Gasteiger charge is 2.33. The van der Waals surface area contributed by atoms with Gasteiger partial charge >= 0.3 is 0 Å². The summed E-state index contributed by atoms with van der Waals surface area (Å²) in [5, 5.41) is 3.05. The molecular weight excluding hydrogens is 146 g/mol. The molecule has 0 aromatic rings. The van der Waals surface area contributed by atoms with E-state index in [2.05, 4.69) is 5.32 Å². The highest BCUT2D eigenvalue weighted by Crippen LogP contribution is 2.31. The van der Waals surface area contributed by atoms with Crippen molar-refractivity contribution in [3.05, 3.63) is 24.5 Å². The maximum absolute atomic E-state index is 5.41. The highest BCUT2D eigenvalue weighted by molar-refractivity contribution is 8.00. The second kappa shape index (κ2) is 2.32. The van der Waals surface area contributed by atoms with Gasteiger partial charge in [0, 0.05) is 12.3 Å². The minimum atomic E-state index is -0.227. The van der Waals surface area contributed by atoms with Gasteiger partial charge in [-0.05, 0) is 12.2 Å². The molecule has 1 saturated heterocycles. The molecular formula is C7H9NOS. The fourth-order valence-corrected chi connectivity index (χ4v) is 2.08. The third-order valence-electron chi connectivity index (χ3n) is 1.54. The van der Waals surface area contributed by atoms with Crippen molar-refractivity contribution in [2.45, 2.75) is 5.06 Å². The Morgan fingerprint density at radius 2 is 2.50 bits per heavy atom. The molecule has 1 N–H and O–H groups in total. The van der Waals surface area contributed by atoms with Gasteiger partial charge in [-0.3, -0.25) is 5.32 Å². The van der Waals surface area contributed by atoms with Crippen LogP contribution in [0.5, 0.6) is 0 Å². The van der Waals surface area contributed by atoms with Crippen molar-refractivity contribution >= 4 is 11.8 Å². The second-order valence-electron chi connectivity index (χ2n) is 2.25. The van der Waals surface area contributed by atoms with Crippen LogP contribution in [0.15, 0.2) is 24.5 Å². The van der Waals surface area contributed by atoms with Crippen LogP contribution in [0, 0.1) is 0 Å². The minimum absolute atomic E-state index is 0.227. The zero-order valence-corrected chi connectivity index (χ0v) is 6.36. The van der Waals surface area contributed by atoms with Gasteiger partial charge in [0.25, 0.3) is 0 Å². The van der Waals surface area contributed by atoms with Gasteiger partial charge < -0.3 is 4.74 Å². The Balaban J connectivity index is 2.15. The van der Waals surface area contributed by atoms with E-state index in [9.17, 15) is 0 Å². The Morgan fingerprint density at radius 3 is 3.10 bits per heavy atom. The van der Waals surface area contributed by atoms with Crippen LogP contribution in [0.1, 0.15) is 0 Å². The van der Waals surface area contributed by atoms with Gasteiger partial charge in [0.2, 0.25) is 5.06 Å². The Bertz CT molecular complexity index is 182. The molecule has 0 bridgehead atoms. The highest BCUT2D eigenvalue weighted by atomic mass is 32.2. The molecule has 0 radical (unpaired) electrons. The SMILES string of the molecule is C1=COC2(C=C1)NCCS2. The molecule has 0 aliphatic carbocycles. The summed E-state index contributed by atoms with van der Waals surface area (Å²) >= 11 is 1.79. The lowest BCUT2D eigenvalue weighted by molar-refractivity contribution is 0.127. The first kappa shape index (κ1) is 6.31. The van der Waals surface area contributed by atoms with Gasteiger partial charge in [-0.15, -0.1) is 0 Å². The van der Waals surface area contributed by atoms with Gasteiger partial charge in [0.05, 0.1) is 6.26 Å². The molecule has 0 amide bonds. The van der Waals surface area contributed by atoms with Gasteiger partial charge in [-0.2, -0.15) is 0 Å². The van der Waals surface area contributed by atoms with E-state index in [1.54, 1.807) is 18.0 Å². The van der Waals surface area contributed by atoms with E-state index in [-0.39, 0.29) is 5.06 Å². The summed E-state index contributed by atoms with van der Waals surface area (Å²) in [6.07, 6.45) is 7.68. The van der Waals surface area contributed by atoms with E-state index in [1.807, 2.05) is 18.2 Å². The van der Waals surface area contributed by atoms with Gasteiger partial charge in [0.1, 0.15) is 0 Å². The van der Waals surface area contributed by atoms with Crippen LogP contribution in [-0.4, -0.2) is 17.4 Å². The summed E-state index contributed by atoms with van der Waals surface area (Å²) in [5.41, 5.74) is 0. The molecule has 0 aromatic heterocycles. The Morgan fingerprint density at radius 1 is 1.50 bits per heavy atom. The molecule has 1 unspecified atom stereocenters. The normalized spacial score (nSPS) is 36.8. The molecule has 10 heavy (non-hydrogen) atoms. The molecule has 2 aliphatic rings. The fraction of sp³-hybridized carbons (Fsp3) is 0.429. The van der Waals surface area contributed by atoms with E-state index in [4.69, 9.17) is 4.74 Å². The first-order chi connectivity index (χ1) is 4.91. The lowest BCUT2D eigenvalue weighted by Gasteiger charge is -2.25. The second-order valence-corrected chi connectivity index (χ2v) is 3.55. The summed E-state index contributed by atoms with van der Waals surface area (Å²) in [6, 6.07) is 0. The maximum Gasteiger partial charge on any atom is 0.228 e. The molecule has 54 valence electrons. The molecule has 0 aromatic carbocycles. The number of rotatable bonds is 0. The van der Waals surface area contributed by atoms with Crippen LogP contribution in [0.4, 0.5) is 0 Å². The van der Waals surface area contributed by atoms with Crippen LogP contribution < -0.4 is 5.32 Å². The quantitative estimate of drug-likeness (QED) is 0.565. The van der Waals surface area contributed by atoms with E-state index in [1.165, 1.54) is 0 Å². The number of thioether (sulfide) groups is 1. The van der Waals surface area contributed by atoms with Crippen molar-refractivity contribution in [3.63, 3.8) is 0 Å². The predicted molar refractivity (Wildman–Crippen MR) is 42.6 cm³/mol. The van der Waals surface area contributed by atoms with Crippen LogP contribution in [0.2, 0.25) is 0 Å². The Hall–Kier alpha value is -0.410. The van der Waals surface area contributed by atoms with Crippen LogP contribution in [-0.2, 0) is 4.74 Å². The largest absolute Gasteiger partial charge is 0.467 e. The fourth-order valence-electron chi connectivity index (χ4n) is 1.07. The molecule has 0 saturated carbocycles. The zero-order valence-electron chi connectivity index (χ0n) is 5.54. The lowest BCUT2D eigenvalue weighted by atomic mass is 10.4. The van der Waals surface area contributed by atoms with Crippen molar-refractivity contribution in [2.24, 2.45) is 0 Å². The summed E-state index contributed by atoms with van der Waals surface area (Å²) in [7, 11) is 0. The van der Waals surface area contributed by atoms with Crippen molar-refractivity contribution in [3.8, 4) is 0 Å². The molecule has 2 heterocycles. The number of hydrogen-bond acceptors (Lipinski definition) is 3. The maximum atomic E-state index is 5.41. The van der Waals surface area contributed by atoms with E-state index in [0.717, 1.165) is 12.3 Å². The molecule has 3 heteroatoms. The molecule has 1 atom stereocenters. The predicted octanol–water partition coefficient (Wildman–Crippen LogP) is 1.08. The molecule has 2 rings (SSSR count). The van der Waals surface area contributed by atoms with Gasteiger partial charge in [-0.1, -0.05) is 17.8 Å². The van der Waals surface area contributed by atoms with Gasteiger partial charge in [0.15, 0.2) is 0 Å². The smallest absolute Gasteiger partial charge is 0.228 e. The van der Waals surface area contributed by atoms with Crippen molar-refractivity contribution in [1.29, 1.82) is 0 Å². The topological polar surface area (TPSA) is 21.3 Å². The zero-order chi connectivity index (χ0) is 6.86. The van der Waals surface area contributed by atoms with Crippen LogP contribution in [0.25, 0.3) is 0 Å². The molecule has 2 aliphatic heterocycles. The summed E-state index contributed by atoms with van der Waals surface area (Å²) in [4.78, 5) is 0. The molecule has 2 nitrogen and oxygen atoms in total. The summed E-state index contributed by atoms with van der Waals surface area (Å²) in [5.74, 6) is 1.12. The minimum Gasteiger partial charge on any atom is -0.467 e. The standard InChI is InChI=1S/C7H9NOS/c1-2-5-9-7(3-1)8-4-6-10-7/h1-3,5,8H,4,6H2. The first-order valence-corrected chi connectivity index (χ1v) is 4.31. The van der Waals surface area contributed by atoms with Crippen molar-refractivity contribution < 1.29 is 4.74 Å². The van der Waals surface area contributed by atoms with Gasteiger partial charge in [-0.25, -0.2) is 0 Å². The van der Waals surface area contributed by atoms with E-state index >= 15 is 0 Å². The van der Waals surface area contributed by atoms with E-state index < -0.39 is 0 Å².